The second-order valence-electron chi connectivity index (χ2n) is 3.90. The number of nitrogens with one attached hydrogen (secondary N) is 1. The van der Waals surface area contributed by atoms with Crippen LogP contribution >= 0.6 is 0 Å². The lowest BCUT2D eigenvalue weighted by Gasteiger charge is -2.14. The molecule has 0 aromatic carbocycles. The van der Waals surface area contributed by atoms with Gasteiger partial charge in [0.05, 0.1) is 13.7 Å². The molecule has 0 bridgehead atoms. The largest absolute Gasteiger partial charge is 0.480 e. The maximum atomic E-state index is 11.5. The van der Waals surface area contributed by atoms with E-state index in [-0.39, 0.29) is 5.56 Å². The Bertz CT molecular complexity index is 386. The Kier molecular flexibility index (Phi) is 5.69. The van der Waals surface area contributed by atoms with Crippen molar-refractivity contribution in [2.75, 3.05) is 13.7 Å². The minimum Gasteiger partial charge on any atom is -0.480 e. The van der Waals surface area contributed by atoms with E-state index < -0.39 is 0 Å². The monoisotopic (exact) mass is 239 g/mol. The van der Waals surface area contributed by atoms with Gasteiger partial charge in [-0.25, -0.2) is 4.68 Å². The first-order chi connectivity index (χ1) is 8.21. The third-order valence-electron chi connectivity index (χ3n) is 2.79. The molecule has 0 aliphatic heterocycles. The third-order valence-corrected chi connectivity index (χ3v) is 2.79. The van der Waals surface area contributed by atoms with Crippen molar-refractivity contribution >= 4 is 0 Å². The van der Waals surface area contributed by atoms with E-state index in [9.17, 15) is 4.79 Å². The van der Waals surface area contributed by atoms with Crippen molar-refractivity contribution in [2.24, 2.45) is 0 Å². The van der Waals surface area contributed by atoms with Gasteiger partial charge >= 0.3 is 0 Å². The highest BCUT2D eigenvalue weighted by atomic mass is 16.5. The van der Waals surface area contributed by atoms with Crippen molar-refractivity contribution in [1.82, 2.24) is 15.1 Å². The summed E-state index contributed by atoms with van der Waals surface area (Å²) in [6, 6.07) is 3.56. The van der Waals surface area contributed by atoms with Crippen LogP contribution in [0.15, 0.2) is 16.9 Å². The summed E-state index contributed by atoms with van der Waals surface area (Å²) >= 11 is 0. The van der Waals surface area contributed by atoms with Crippen LogP contribution in [0, 0.1) is 0 Å². The Morgan fingerprint density at radius 1 is 1.41 bits per heavy atom. The quantitative estimate of drug-likeness (QED) is 0.772. The molecule has 0 spiro atoms. The molecule has 0 radical (unpaired) electrons. The minimum atomic E-state index is -0.0999. The molecule has 0 fully saturated rings. The van der Waals surface area contributed by atoms with Crippen LogP contribution in [0.25, 0.3) is 0 Å². The Morgan fingerprint density at radius 2 is 2.12 bits per heavy atom. The molecule has 0 atom stereocenters. The van der Waals surface area contributed by atoms with Crippen LogP contribution < -0.4 is 15.6 Å². The highest BCUT2D eigenvalue weighted by Gasteiger charge is 2.03. The predicted molar refractivity (Wildman–Crippen MR) is 67.4 cm³/mol. The Labute approximate surface area is 102 Å². The maximum absolute atomic E-state index is 11.5. The number of nitrogens with zero attached hydrogens (tertiary/aromatic N) is 2. The molecule has 0 aliphatic carbocycles. The normalized spacial score (nSPS) is 10.8. The van der Waals surface area contributed by atoms with E-state index in [4.69, 9.17) is 4.74 Å². The maximum Gasteiger partial charge on any atom is 0.267 e. The van der Waals surface area contributed by atoms with E-state index in [1.165, 1.54) is 10.7 Å². The van der Waals surface area contributed by atoms with Crippen LogP contribution in [0.1, 0.15) is 26.7 Å². The van der Waals surface area contributed by atoms with E-state index in [0.717, 1.165) is 19.4 Å². The molecule has 96 valence electrons. The third kappa shape index (κ3) is 4.19. The van der Waals surface area contributed by atoms with Crippen LogP contribution in [-0.2, 0) is 6.54 Å². The van der Waals surface area contributed by atoms with Crippen LogP contribution in [-0.4, -0.2) is 29.5 Å². The SMILES string of the molecule is CCC(CC)NCCn1nc(OC)ccc1=O. The zero-order valence-electron chi connectivity index (χ0n) is 10.8. The molecule has 0 saturated carbocycles. The number of hydrogen-bond acceptors (Lipinski definition) is 4. The molecular weight excluding hydrogens is 218 g/mol. The number of ether oxygens (including phenoxy) is 1. The molecule has 0 saturated heterocycles. The molecule has 0 amide bonds. The van der Waals surface area contributed by atoms with Crippen molar-refractivity contribution in [2.45, 2.75) is 39.3 Å². The van der Waals surface area contributed by atoms with Crippen molar-refractivity contribution in [3.63, 3.8) is 0 Å². The Hall–Kier alpha value is -1.36. The average Bonchev–Trinajstić information content (AvgIpc) is 2.36. The smallest absolute Gasteiger partial charge is 0.267 e. The summed E-state index contributed by atoms with van der Waals surface area (Å²) in [5, 5.41) is 7.47. The summed E-state index contributed by atoms with van der Waals surface area (Å²) in [6.07, 6.45) is 2.19. The van der Waals surface area contributed by atoms with Crippen molar-refractivity contribution in [3.05, 3.63) is 22.5 Å². The molecular formula is C12H21N3O2. The first kappa shape index (κ1) is 13.7. The molecule has 1 rings (SSSR count). The summed E-state index contributed by atoms with van der Waals surface area (Å²) in [5.41, 5.74) is -0.0999. The molecule has 0 unspecified atom stereocenters. The van der Waals surface area contributed by atoms with Gasteiger partial charge in [0.2, 0.25) is 5.88 Å². The fourth-order valence-electron chi connectivity index (χ4n) is 1.65. The topological polar surface area (TPSA) is 56.1 Å². The van der Waals surface area contributed by atoms with Gasteiger partial charge in [-0.05, 0) is 12.8 Å². The predicted octanol–water partition coefficient (Wildman–Crippen LogP) is 1.03. The highest BCUT2D eigenvalue weighted by molar-refractivity contribution is 5.05. The standard InChI is InChI=1S/C12H21N3O2/c1-4-10(5-2)13-8-9-15-12(16)7-6-11(14-15)17-3/h6-7,10,13H,4-5,8-9H2,1-3H3. The van der Waals surface area contributed by atoms with Gasteiger partial charge in [-0.2, -0.15) is 0 Å². The van der Waals surface area contributed by atoms with E-state index in [0.29, 0.717) is 18.5 Å². The second kappa shape index (κ2) is 7.06. The van der Waals surface area contributed by atoms with Crippen LogP contribution in [0.5, 0.6) is 5.88 Å². The number of rotatable bonds is 7. The van der Waals surface area contributed by atoms with Gasteiger partial charge in [-0.3, -0.25) is 4.79 Å². The van der Waals surface area contributed by atoms with Gasteiger partial charge in [0.25, 0.3) is 5.56 Å². The first-order valence-corrected chi connectivity index (χ1v) is 6.06. The van der Waals surface area contributed by atoms with Gasteiger partial charge < -0.3 is 10.1 Å². The van der Waals surface area contributed by atoms with Gasteiger partial charge in [0.1, 0.15) is 0 Å². The van der Waals surface area contributed by atoms with Gasteiger partial charge in [-0.15, -0.1) is 5.10 Å². The summed E-state index contributed by atoms with van der Waals surface area (Å²) in [4.78, 5) is 11.5. The van der Waals surface area contributed by atoms with E-state index in [1.54, 1.807) is 13.2 Å². The Morgan fingerprint density at radius 3 is 2.71 bits per heavy atom. The summed E-state index contributed by atoms with van der Waals surface area (Å²) in [5.74, 6) is 0.465. The molecule has 5 heteroatoms. The zero-order chi connectivity index (χ0) is 12.7. The average molecular weight is 239 g/mol. The molecule has 0 aliphatic rings. The van der Waals surface area contributed by atoms with Gasteiger partial charge in [0, 0.05) is 24.7 Å². The van der Waals surface area contributed by atoms with Crippen LogP contribution in [0.4, 0.5) is 0 Å². The summed E-state index contributed by atoms with van der Waals surface area (Å²) in [6.45, 7) is 5.60. The lowest BCUT2D eigenvalue weighted by atomic mass is 10.2. The number of hydrogen-bond donors (Lipinski definition) is 1. The number of aromatic nitrogens is 2. The fraction of sp³-hybridized carbons (Fsp3) is 0.667. The summed E-state index contributed by atoms with van der Waals surface area (Å²) < 4.78 is 6.41. The highest BCUT2D eigenvalue weighted by Crippen LogP contribution is 1.99. The molecule has 1 N–H and O–H groups in total. The van der Waals surface area contributed by atoms with E-state index in [1.807, 2.05) is 0 Å². The van der Waals surface area contributed by atoms with Crippen molar-refractivity contribution in [3.8, 4) is 5.88 Å². The zero-order valence-corrected chi connectivity index (χ0v) is 10.8. The molecule has 1 aromatic heterocycles. The van der Waals surface area contributed by atoms with Gasteiger partial charge in [-0.1, -0.05) is 13.8 Å². The summed E-state index contributed by atoms with van der Waals surface area (Å²) in [7, 11) is 1.54. The lowest BCUT2D eigenvalue weighted by molar-refractivity contribution is 0.370. The van der Waals surface area contributed by atoms with Crippen LogP contribution in [0.3, 0.4) is 0 Å². The molecule has 5 nitrogen and oxygen atoms in total. The van der Waals surface area contributed by atoms with Gasteiger partial charge in [0.15, 0.2) is 0 Å². The van der Waals surface area contributed by atoms with Crippen molar-refractivity contribution < 1.29 is 4.74 Å². The first-order valence-electron chi connectivity index (χ1n) is 6.06. The van der Waals surface area contributed by atoms with Crippen LogP contribution in [0.2, 0.25) is 0 Å². The minimum absolute atomic E-state index is 0.0999. The lowest BCUT2D eigenvalue weighted by Crippen LogP contribution is -2.34. The Balaban J connectivity index is 2.54. The molecule has 17 heavy (non-hydrogen) atoms. The second-order valence-corrected chi connectivity index (χ2v) is 3.90. The molecule has 1 aromatic rings. The van der Waals surface area contributed by atoms with E-state index >= 15 is 0 Å². The number of methoxy groups -OCH3 is 1. The fourth-order valence-corrected chi connectivity index (χ4v) is 1.65. The molecule has 1 heterocycles. The van der Waals surface area contributed by atoms with Crippen molar-refractivity contribution in [1.29, 1.82) is 0 Å². The van der Waals surface area contributed by atoms with E-state index in [2.05, 4.69) is 24.3 Å².